The molecule has 1 aromatic rings. The highest BCUT2D eigenvalue weighted by molar-refractivity contribution is 7.18. The van der Waals surface area contributed by atoms with Crippen molar-refractivity contribution in [2.24, 2.45) is 0 Å². The number of rotatable bonds is 4. The van der Waals surface area contributed by atoms with Gasteiger partial charge in [0.2, 0.25) is 0 Å². The number of thiazole rings is 1. The lowest BCUT2D eigenvalue weighted by Crippen LogP contribution is -2.09. The lowest BCUT2D eigenvalue weighted by molar-refractivity contribution is 0.0606. The van der Waals surface area contributed by atoms with Gasteiger partial charge in [-0.3, -0.25) is 0 Å². The van der Waals surface area contributed by atoms with E-state index >= 15 is 0 Å². The van der Waals surface area contributed by atoms with Gasteiger partial charge in [-0.1, -0.05) is 22.9 Å². The van der Waals surface area contributed by atoms with Crippen LogP contribution in [0.1, 0.15) is 9.67 Å². The molecule has 8 heteroatoms. The zero-order valence-electron chi connectivity index (χ0n) is 7.59. The van der Waals surface area contributed by atoms with Crippen LogP contribution in [0.3, 0.4) is 0 Å². The fourth-order valence-electron chi connectivity index (χ4n) is 0.760. The molecule has 4 nitrogen and oxygen atoms in total. The van der Waals surface area contributed by atoms with Gasteiger partial charge in [0.15, 0.2) is 15.2 Å². The van der Waals surface area contributed by atoms with E-state index in [0.717, 1.165) is 11.3 Å². The number of alkyl halides is 2. The van der Waals surface area contributed by atoms with Crippen molar-refractivity contribution in [1.29, 1.82) is 0 Å². The summed E-state index contributed by atoms with van der Waals surface area (Å²) in [5.74, 6) is -0.636. The fourth-order valence-corrected chi connectivity index (χ4v) is 1.87. The number of halogens is 3. The van der Waals surface area contributed by atoms with Crippen LogP contribution in [0.4, 0.5) is 13.9 Å². The molecule has 0 unspecified atom stereocenters. The van der Waals surface area contributed by atoms with E-state index in [9.17, 15) is 13.6 Å². The summed E-state index contributed by atoms with van der Waals surface area (Å²) in [6.07, 6.45) is -2.49. The third-order valence-corrected chi connectivity index (χ3v) is 2.74. The Morgan fingerprint density at radius 1 is 1.73 bits per heavy atom. The second-order valence-electron chi connectivity index (χ2n) is 2.40. The number of aromatic nitrogens is 1. The number of nitrogens with one attached hydrogen (secondary N) is 1. The number of carbonyl (C=O) groups excluding carboxylic acids is 1. The number of anilines is 1. The normalized spacial score (nSPS) is 10.5. The third kappa shape index (κ3) is 3.28. The predicted molar refractivity (Wildman–Crippen MR) is 53.0 cm³/mol. The smallest absolute Gasteiger partial charge is 0.351 e. The monoisotopic (exact) mass is 256 g/mol. The van der Waals surface area contributed by atoms with Crippen molar-refractivity contribution in [3.63, 3.8) is 0 Å². The molecule has 1 N–H and O–H groups in total. The van der Waals surface area contributed by atoms with E-state index in [2.05, 4.69) is 15.0 Å². The largest absolute Gasteiger partial charge is 0.465 e. The molecule has 0 aliphatic heterocycles. The lowest BCUT2D eigenvalue weighted by atomic mass is 10.6. The summed E-state index contributed by atoms with van der Waals surface area (Å²) < 4.78 is 28.1. The minimum atomic E-state index is -2.49. The van der Waals surface area contributed by atoms with Gasteiger partial charge < -0.3 is 10.1 Å². The Morgan fingerprint density at radius 3 is 2.93 bits per heavy atom. The molecule has 1 aromatic heterocycles. The number of ether oxygens (including phenoxy) is 1. The summed E-state index contributed by atoms with van der Waals surface area (Å²) in [6, 6.07) is 0. The van der Waals surface area contributed by atoms with Crippen LogP contribution in [-0.2, 0) is 4.74 Å². The maximum Gasteiger partial charge on any atom is 0.351 e. The van der Waals surface area contributed by atoms with Crippen LogP contribution in [0.2, 0.25) is 5.15 Å². The molecule has 0 atom stereocenters. The van der Waals surface area contributed by atoms with E-state index in [-0.39, 0.29) is 15.2 Å². The second kappa shape index (κ2) is 5.22. The highest BCUT2D eigenvalue weighted by Crippen LogP contribution is 2.27. The fraction of sp³-hybridized carbons (Fsp3) is 0.429. The van der Waals surface area contributed by atoms with Gasteiger partial charge in [-0.05, 0) is 0 Å². The Kier molecular flexibility index (Phi) is 4.22. The molecule has 1 heterocycles. The van der Waals surface area contributed by atoms with Crippen LogP contribution in [0.5, 0.6) is 0 Å². The zero-order chi connectivity index (χ0) is 11.4. The molecule has 0 fully saturated rings. The van der Waals surface area contributed by atoms with Gasteiger partial charge in [-0.15, -0.1) is 0 Å². The second-order valence-corrected chi connectivity index (χ2v) is 3.76. The Morgan fingerprint density at radius 2 is 2.40 bits per heavy atom. The number of hydrogen-bond acceptors (Lipinski definition) is 5. The first-order chi connectivity index (χ1) is 7.04. The van der Waals surface area contributed by atoms with E-state index in [0.29, 0.717) is 0 Å². The van der Waals surface area contributed by atoms with Gasteiger partial charge in [-0.25, -0.2) is 18.6 Å². The van der Waals surface area contributed by atoms with Gasteiger partial charge in [0.1, 0.15) is 0 Å². The van der Waals surface area contributed by atoms with Crippen molar-refractivity contribution in [2.75, 3.05) is 19.0 Å². The first kappa shape index (κ1) is 12.1. The molecule has 0 saturated carbocycles. The Hall–Kier alpha value is -0.950. The van der Waals surface area contributed by atoms with Crippen molar-refractivity contribution in [3.05, 3.63) is 10.0 Å². The van der Waals surface area contributed by atoms with Crippen molar-refractivity contribution in [1.82, 2.24) is 4.98 Å². The van der Waals surface area contributed by atoms with Gasteiger partial charge in [-0.2, -0.15) is 0 Å². The van der Waals surface area contributed by atoms with Crippen molar-refractivity contribution < 1.29 is 18.3 Å². The van der Waals surface area contributed by atoms with E-state index < -0.39 is 18.9 Å². The zero-order valence-corrected chi connectivity index (χ0v) is 9.16. The molecule has 0 aliphatic carbocycles. The average molecular weight is 257 g/mol. The molecule has 15 heavy (non-hydrogen) atoms. The summed E-state index contributed by atoms with van der Waals surface area (Å²) in [5.41, 5.74) is 0. The average Bonchev–Trinajstić information content (AvgIpc) is 2.55. The van der Waals surface area contributed by atoms with Gasteiger partial charge in [0, 0.05) is 0 Å². The molecule has 0 aromatic carbocycles. The summed E-state index contributed by atoms with van der Waals surface area (Å²) in [4.78, 5) is 14.9. The summed E-state index contributed by atoms with van der Waals surface area (Å²) in [5, 5.41) is 2.46. The van der Waals surface area contributed by atoms with Crippen LogP contribution in [0.25, 0.3) is 0 Å². The van der Waals surface area contributed by atoms with E-state index in [1.807, 2.05) is 0 Å². The Bertz CT molecular complexity index is 359. The minimum Gasteiger partial charge on any atom is -0.465 e. The summed E-state index contributed by atoms with van der Waals surface area (Å²) in [6.45, 7) is -0.537. The number of nitrogens with zero attached hydrogens (tertiary/aromatic N) is 1. The third-order valence-electron chi connectivity index (χ3n) is 1.36. The summed E-state index contributed by atoms with van der Waals surface area (Å²) in [7, 11) is 1.20. The van der Waals surface area contributed by atoms with E-state index in [1.54, 1.807) is 0 Å². The SMILES string of the molecule is COC(=O)c1sc(NCC(F)F)nc1Cl. The maximum atomic E-state index is 11.8. The molecule has 0 amide bonds. The van der Waals surface area contributed by atoms with Crippen molar-refractivity contribution >= 4 is 34.0 Å². The Labute approximate surface area is 93.2 Å². The van der Waals surface area contributed by atoms with Gasteiger partial charge in [0.25, 0.3) is 6.43 Å². The molecule has 0 saturated heterocycles. The maximum absolute atomic E-state index is 11.8. The number of carbonyl (C=O) groups is 1. The van der Waals surface area contributed by atoms with Crippen LogP contribution in [0.15, 0.2) is 0 Å². The molecule has 1 rings (SSSR count). The Balaban J connectivity index is 2.72. The molecular weight excluding hydrogens is 250 g/mol. The molecule has 0 radical (unpaired) electrons. The summed E-state index contributed by atoms with van der Waals surface area (Å²) >= 11 is 6.48. The standard InChI is InChI=1S/C7H7ClF2N2O2S/c1-14-6(13)4-5(8)12-7(15-4)11-2-3(9)10/h3H,2H2,1H3,(H,11,12). The highest BCUT2D eigenvalue weighted by Gasteiger charge is 2.17. The molecule has 0 aliphatic rings. The van der Waals surface area contributed by atoms with E-state index in [4.69, 9.17) is 11.6 Å². The number of methoxy groups -OCH3 is 1. The minimum absolute atomic E-state index is 0.0522. The number of hydrogen-bond donors (Lipinski definition) is 1. The van der Waals surface area contributed by atoms with Crippen molar-refractivity contribution in [3.8, 4) is 0 Å². The van der Waals surface area contributed by atoms with Crippen LogP contribution < -0.4 is 5.32 Å². The lowest BCUT2D eigenvalue weighted by Gasteiger charge is -1.98. The predicted octanol–water partition coefficient (Wildman–Crippen LogP) is 2.26. The first-order valence-corrected chi connectivity index (χ1v) is 5.00. The number of esters is 1. The van der Waals surface area contributed by atoms with Crippen molar-refractivity contribution in [2.45, 2.75) is 6.43 Å². The molecule has 0 spiro atoms. The quantitative estimate of drug-likeness (QED) is 0.840. The van der Waals surface area contributed by atoms with E-state index in [1.165, 1.54) is 7.11 Å². The van der Waals surface area contributed by atoms with Crippen LogP contribution in [-0.4, -0.2) is 31.0 Å². The highest BCUT2D eigenvalue weighted by atomic mass is 35.5. The van der Waals surface area contributed by atoms with Crippen LogP contribution >= 0.6 is 22.9 Å². The topological polar surface area (TPSA) is 51.2 Å². The van der Waals surface area contributed by atoms with Gasteiger partial charge >= 0.3 is 5.97 Å². The van der Waals surface area contributed by atoms with Crippen LogP contribution in [0, 0.1) is 0 Å². The molecule has 0 bridgehead atoms. The first-order valence-electron chi connectivity index (χ1n) is 3.81. The molecular formula is C7H7ClF2N2O2S. The molecule has 84 valence electrons. The van der Waals surface area contributed by atoms with Gasteiger partial charge in [0.05, 0.1) is 13.7 Å².